The SMILES string of the molecule is NC(=S)Nc1ccc(CCN2CCCCC2)cc1. The topological polar surface area (TPSA) is 41.3 Å². The molecule has 2 rings (SSSR count). The second kappa shape index (κ2) is 6.71. The van der Waals surface area contributed by atoms with Crippen LogP contribution in [0.1, 0.15) is 24.8 Å². The molecule has 0 aliphatic carbocycles. The minimum Gasteiger partial charge on any atom is -0.376 e. The molecule has 1 saturated heterocycles. The van der Waals surface area contributed by atoms with Crippen molar-refractivity contribution in [3.05, 3.63) is 29.8 Å². The number of nitrogens with zero attached hydrogens (tertiary/aromatic N) is 1. The molecule has 1 aliphatic rings. The van der Waals surface area contributed by atoms with Gasteiger partial charge in [-0.2, -0.15) is 0 Å². The lowest BCUT2D eigenvalue weighted by Crippen LogP contribution is -2.31. The number of anilines is 1. The molecule has 18 heavy (non-hydrogen) atoms. The van der Waals surface area contributed by atoms with Crippen LogP contribution in [0.2, 0.25) is 0 Å². The lowest BCUT2D eigenvalue weighted by atomic mass is 10.1. The summed E-state index contributed by atoms with van der Waals surface area (Å²) in [6, 6.07) is 8.35. The van der Waals surface area contributed by atoms with Crippen molar-refractivity contribution in [3.63, 3.8) is 0 Å². The highest BCUT2D eigenvalue weighted by atomic mass is 32.1. The van der Waals surface area contributed by atoms with Gasteiger partial charge >= 0.3 is 0 Å². The van der Waals surface area contributed by atoms with Crippen LogP contribution in [0.4, 0.5) is 5.69 Å². The van der Waals surface area contributed by atoms with Crippen LogP contribution in [-0.4, -0.2) is 29.6 Å². The van der Waals surface area contributed by atoms with Crippen LogP contribution in [0.3, 0.4) is 0 Å². The largest absolute Gasteiger partial charge is 0.376 e. The highest BCUT2D eigenvalue weighted by Crippen LogP contribution is 2.12. The van der Waals surface area contributed by atoms with E-state index in [9.17, 15) is 0 Å². The van der Waals surface area contributed by atoms with Crippen molar-refractivity contribution in [2.45, 2.75) is 25.7 Å². The van der Waals surface area contributed by atoms with E-state index in [0.717, 1.165) is 12.1 Å². The number of nitrogens with two attached hydrogens (primary N) is 1. The third-order valence-corrected chi connectivity index (χ3v) is 3.49. The first-order valence-electron chi connectivity index (χ1n) is 6.62. The zero-order valence-electron chi connectivity index (χ0n) is 10.7. The third-order valence-electron chi connectivity index (χ3n) is 3.39. The molecule has 1 fully saturated rings. The molecule has 3 nitrogen and oxygen atoms in total. The van der Waals surface area contributed by atoms with Gasteiger partial charge in [0.2, 0.25) is 0 Å². The Hall–Kier alpha value is -1.13. The number of hydrogen-bond donors (Lipinski definition) is 2. The summed E-state index contributed by atoms with van der Waals surface area (Å²) in [6.07, 6.45) is 5.23. The van der Waals surface area contributed by atoms with E-state index in [2.05, 4.69) is 22.3 Å². The Morgan fingerprint density at radius 2 is 1.83 bits per heavy atom. The van der Waals surface area contributed by atoms with Crippen molar-refractivity contribution in [2.24, 2.45) is 5.73 Å². The fourth-order valence-corrected chi connectivity index (χ4v) is 2.49. The monoisotopic (exact) mass is 263 g/mol. The van der Waals surface area contributed by atoms with Gasteiger partial charge in [-0.1, -0.05) is 18.6 Å². The van der Waals surface area contributed by atoms with E-state index in [4.69, 9.17) is 18.0 Å². The van der Waals surface area contributed by atoms with E-state index in [1.165, 1.54) is 44.5 Å². The van der Waals surface area contributed by atoms with Gasteiger partial charge in [-0.3, -0.25) is 0 Å². The molecule has 0 aromatic heterocycles. The number of hydrogen-bond acceptors (Lipinski definition) is 2. The summed E-state index contributed by atoms with van der Waals surface area (Å²) in [4.78, 5) is 2.56. The number of nitrogens with one attached hydrogen (secondary N) is 1. The van der Waals surface area contributed by atoms with Crippen molar-refractivity contribution in [1.29, 1.82) is 0 Å². The summed E-state index contributed by atoms with van der Waals surface area (Å²) in [5.74, 6) is 0. The molecule has 0 bridgehead atoms. The summed E-state index contributed by atoms with van der Waals surface area (Å²) >= 11 is 4.81. The van der Waals surface area contributed by atoms with Crippen LogP contribution < -0.4 is 11.1 Å². The second-order valence-electron chi connectivity index (χ2n) is 4.84. The first-order valence-corrected chi connectivity index (χ1v) is 7.02. The van der Waals surface area contributed by atoms with Gasteiger partial charge in [0.15, 0.2) is 5.11 Å². The molecule has 0 saturated carbocycles. The number of likely N-dealkylation sites (tertiary alicyclic amines) is 1. The quantitative estimate of drug-likeness (QED) is 0.818. The lowest BCUT2D eigenvalue weighted by molar-refractivity contribution is 0.231. The van der Waals surface area contributed by atoms with Crippen molar-refractivity contribution < 1.29 is 0 Å². The summed E-state index contributed by atoms with van der Waals surface area (Å²) in [5, 5.41) is 3.25. The van der Waals surface area contributed by atoms with Crippen molar-refractivity contribution in [3.8, 4) is 0 Å². The van der Waals surface area contributed by atoms with Crippen LogP contribution in [0, 0.1) is 0 Å². The standard InChI is InChI=1S/C14H21N3S/c15-14(18)16-13-6-4-12(5-7-13)8-11-17-9-2-1-3-10-17/h4-7H,1-3,8-11H2,(H3,15,16,18). The molecule has 0 atom stereocenters. The first kappa shape index (κ1) is 13.3. The molecule has 1 aromatic carbocycles. The van der Waals surface area contributed by atoms with Crippen LogP contribution in [-0.2, 0) is 6.42 Å². The minimum atomic E-state index is 0.316. The van der Waals surface area contributed by atoms with Crippen molar-refractivity contribution >= 4 is 23.0 Å². The van der Waals surface area contributed by atoms with Gasteiger partial charge in [0.25, 0.3) is 0 Å². The predicted molar refractivity (Wildman–Crippen MR) is 80.8 cm³/mol. The fraction of sp³-hybridized carbons (Fsp3) is 0.500. The maximum atomic E-state index is 5.43. The predicted octanol–water partition coefficient (Wildman–Crippen LogP) is 2.37. The van der Waals surface area contributed by atoms with E-state index in [-0.39, 0.29) is 0 Å². The third kappa shape index (κ3) is 4.27. The Morgan fingerprint density at radius 1 is 1.17 bits per heavy atom. The van der Waals surface area contributed by atoms with Crippen LogP contribution in [0.25, 0.3) is 0 Å². The molecule has 98 valence electrons. The molecule has 0 unspecified atom stereocenters. The molecule has 3 N–H and O–H groups in total. The summed E-state index contributed by atoms with van der Waals surface area (Å²) in [5.41, 5.74) is 7.76. The maximum Gasteiger partial charge on any atom is 0.168 e. The number of rotatable bonds is 4. The van der Waals surface area contributed by atoms with E-state index in [1.807, 2.05) is 12.1 Å². The van der Waals surface area contributed by atoms with E-state index in [1.54, 1.807) is 0 Å². The molecule has 4 heteroatoms. The Kier molecular flexibility index (Phi) is 4.96. The zero-order valence-corrected chi connectivity index (χ0v) is 11.5. The Morgan fingerprint density at radius 3 is 2.44 bits per heavy atom. The average molecular weight is 263 g/mol. The highest BCUT2D eigenvalue weighted by molar-refractivity contribution is 7.80. The van der Waals surface area contributed by atoms with Gasteiger partial charge in [-0.05, 0) is 62.3 Å². The molecule has 1 heterocycles. The summed E-state index contributed by atoms with van der Waals surface area (Å²) in [7, 11) is 0. The Balaban J connectivity index is 1.80. The van der Waals surface area contributed by atoms with Crippen LogP contribution in [0.5, 0.6) is 0 Å². The lowest BCUT2D eigenvalue weighted by Gasteiger charge is -2.26. The molecule has 1 aromatic rings. The van der Waals surface area contributed by atoms with E-state index >= 15 is 0 Å². The molecular formula is C14H21N3S. The Labute approximate surface area is 114 Å². The van der Waals surface area contributed by atoms with Crippen LogP contribution in [0.15, 0.2) is 24.3 Å². The molecule has 0 spiro atoms. The van der Waals surface area contributed by atoms with Gasteiger partial charge in [0.1, 0.15) is 0 Å². The number of piperidine rings is 1. The highest BCUT2D eigenvalue weighted by Gasteiger charge is 2.09. The number of benzene rings is 1. The summed E-state index contributed by atoms with van der Waals surface area (Å²) in [6.45, 7) is 3.70. The zero-order chi connectivity index (χ0) is 12.8. The molecule has 1 aliphatic heterocycles. The molecule has 0 radical (unpaired) electrons. The average Bonchev–Trinajstić information content (AvgIpc) is 2.38. The fourth-order valence-electron chi connectivity index (χ4n) is 2.37. The van der Waals surface area contributed by atoms with Crippen LogP contribution >= 0.6 is 12.2 Å². The molecule has 0 amide bonds. The van der Waals surface area contributed by atoms with Crippen molar-refractivity contribution in [2.75, 3.05) is 25.0 Å². The van der Waals surface area contributed by atoms with E-state index in [0.29, 0.717) is 5.11 Å². The first-order chi connectivity index (χ1) is 8.74. The van der Waals surface area contributed by atoms with Gasteiger partial charge in [0, 0.05) is 12.2 Å². The normalized spacial score (nSPS) is 16.4. The van der Waals surface area contributed by atoms with Gasteiger partial charge < -0.3 is 16.0 Å². The summed E-state index contributed by atoms with van der Waals surface area (Å²) < 4.78 is 0. The van der Waals surface area contributed by atoms with E-state index < -0.39 is 0 Å². The van der Waals surface area contributed by atoms with Crippen molar-refractivity contribution in [1.82, 2.24) is 4.90 Å². The maximum absolute atomic E-state index is 5.43. The molecular weight excluding hydrogens is 242 g/mol. The van der Waals surface area contributed by atoms with Gasteiger partial charge in [-0.25, -0.2) is 0 Å². The van der Waals surface area contributed by atoms with Gasteiger partial charge in [-0.15, -0.1) is 0 Å². The minimum absolute atomic E-state index is 0.316. The smallest absolute Gasteiger partial charge is 0.168 e. The number of thiocarbonyl (C=S) groups is 1. The Bertz CT molecular complexity index is 383. The van der Waals surface area contributed by atoms with Gasteiger partial charge in [0.05, 0.1) is 0 Å². The second-order valence-corrected chi connectivity index (χ2v) is 5.28.